The molecule has 26 heavy (non-hydrogen) atoms. The third-order valence-corrected chi connectivity index (χ3v) is 4.36. The molecular formula is C18H17ClN4O3. The van der Waals surface area contributed by atoms with Gasteiger partial charge in [0.05, 0.1) is 12.9 Å². The molecule has 3 aromatic rings. The van der Waals surface area contributed by atoms with Crippen LogP contribution < -0.4 is 0 Å². The van der Waals surface area contributed by atoms with Crippen molar-refractivity contribution in [1.82, 2.24) is 19.5 Å². The fraction of sp³-hybridized carbons (Fsp3) is 0.389. The highest BCUT2D eigenvalue weighted by Gasteiger charge is 2.33. The minimum Gasteiger partial charge on any atom is -0.461 e. The van der Waals surface area contributed by atoms with Crippen LogP contribution in [0.15, 0.2) is 22.8 Å². The number of nitrogens with zero attached hydrogens (tertiary/aromatic N) is 4. The Labute approximate surface area is 155 Å². The number of halogens is 1. The molecule has 1 aliphatic rings. The first-order valence-electron chi connectivity index (χ1n) is 8.47. The number of aliphatic hydroxyl groups excluding tert-OH is 1. The van der Waals surface area contributed by atoms with E-state index < -0.39 is 12.3 Å². The molecule has 0 saturated carbocycles. The molecule has 1 fully saturated rings. The molecule has 0 unspecified atom stereocenters. The number of rotatable bonds is 3. The number of furan rings is 1. The Bertz CT molecular complexity index is 987. The van der Waals surface area contributed by atoms with E-state index in [2.05, 4.69) is 33.7 Å². The van der Waals surface area contributed by atoms with Crippen molar-refractivity contribution < 1.29 is 14.3 Å². The molecule has 0 aromatic carbocycles. The van der Waals surface area contributed by atoms with Crippen LogP contribution in [-0.2, 0) is 4.74 Å². The Balaban J connectivity index is 1.94. The van der Waals surface area contributed by atoms with Gasteiger partial charge in [0.2, 0.25) is 5.82 Å². The first kappa shape index (κ1) is 17.0. The average molecular weight is 373 g/mol. The van der Waals surface area contributed by atoms with Crippen LogP contribution >= 0.6 is 11.6 Å². The van der Waals surface area contributed by atoms with Crippen LogP contribution in [0.3, 0.4) is 0 Å². The van der Waals surface area contributed by atoms with Gasteiger partial charge in [-0.25, -0.2) is 15.0 Å². The summed E-state index contributed by atoms with van der Waals surface area (Å²) in [4.78, 5) is 13.3. The van der Waals surface area contributed by atoms with Gasteiger partial charge in [-0.15, -0.1) is 0 Å². The van der Waals surface area contributed by atoms with Crippen LogP contribution in [0.2, 0.25) is 5.15 Å². The summed E-state index contributed by atoms with van der Waals surface area (Å²) >= 11 is 6.34. The molecule has 134 valence electrons. The SMILES string of the molecule is CCCC#Cc1nc(Cl)c2nc(-c3ccco3)n([C@@H]3OCC[C@H]3O)c2n1. The Morgan fingerprint density at radius 2 is 2.27 bits per heavy atom. The third-order valence-electron chi connectivity index (χ3n) is 4.10. The van der Waals surface area contributed by atoms with Gasteiger partial charge in [-0.05, 0) is 24.5 Å². The second kappa shape index (κ2) is 7.08. The zero-order chi connectivity index (χ0) is 18.1. The van der Waals surface area contributed by atoms with Crippen molar-refractivity contribution in [3.63, 3.8) is 0 Å². The van der Waals surface area contributed by atoms with Crippen molar-refractivity contribution in [3.05, 3.63) is 29.4 Å². The summed E-state index contributed by atoms with van der Waals surface area (Å²) in [6.07, 6.45) is 2.49. The van der Waals surface area contributed by atoms with Gasteiger partial charge in [0.25, 0.3) is 0 Å². The second-order valence-corrected chi connectivity index (χ2v) is 6.32. The quantitative estimate of drug-likeness (QED) is 0.561. The number of ether oxygens (including phenoxy) is 1. The molecule has 0 aliphatic carbocycles. The van der Waals surface area contributed by atoms with E-state index in [1.807, 2.05) is 0 Å². The molecular weight excluding hydrogens is 356 g/mol. The van der Waals surface area contributed by atoms with Crippen LogP contribution in [0, 0.1) is 11.8 Å². The smallest absolute Gasteiger partial charge is 0.208 e. The van der Waals surface area contributed by atoms with Crippen LogP contribution in [0.1, 0.15) is 38.2 Å². The zero-order valence-corrected chi connectivity index (χ0v) is 14.9. The number of aromatic nitrogens is 4. The first-order chi connectivity index (χ1) is 12.7. The first-order valence-corrected chi connectivity index (χ1v) is 8.84. The Hall–Kier alpha value is -2.40. The molecule has 1 N–H and O–H groups in total. The fourth-order valence-electron chi connectivity index (χ4n) is 2.89. The largest absolute Gasteiger partial charge is 0.461 e. The number of imidazole rings is 1. The average Bonchev–Trinajstić information content (AvgIpc) is 3.34. The predicted octanol–water partition coefficient (Wildman–Crippen LogP) is 3.17. The highest BCUT2D eigenvalue weighted by molar-refractivity contribution is 6.33. The Morgan fingerprint density at radius 3 is 2.96 bits per heavy atom. The molecule has 0 bridgehead atoms. The van der Waals surface area contributed by atoms with Crippen molar-refractivity contribution in [3.8, 4) is 23.4 Å². The molecule has 1 aliphatic heterocycles. The topological polar surface area (TPSA) is 86.2 Å². The van der Waals surface area contributed by atoms with Gasteiger partial charge in [0, 0.05) is 12.8 Å². The highest BCUT2D eigenvalue weighted by Crippen LogP contribution is 2.34. The lowest BCUT2D eigenvalue weighted by Crippen LogP contribution is -2.20. The van der Waals surface area contributed by atoms with Gasteiger partial charge in [0.1, 0.15) is 11.6 Å². The zero-order valence-electron chi connectivity index (χ0n) is 14.1. The van der Waals surface area contributed by atoms with Crippen LogP contribution in [0.25, 0.3) is 22.7 Å². The van der Waals surface area contributed by atoms with E-state index in [1.165, 1.54) is 0 Å². The summed E-state index contributed by atoms with van der Waals surface area (Å²) < 4.78 is 12.9. The number of fused-ring (bicyclic) bond motifs is 1. The second-order valence-electron chi connectivity index (χ2n) is 5.96. The van der Waals surface area contributed by atoms with Gasteiger partial charge >= 0.3 is 0 Å². The van der Waals surface area contributed by atoms with E-state index in [9.17, 15) is 5.11 Å². The molecule has 0 amide bonds. The van der Waals surface area contributed by atoms with Crippen LogP contribution in [0.4, 0.5) is 0 Å². The summed E-state index contributed by atoms with van der Waals surface area (Å²) in [5, 5.41) is 10.5. The number of unbranched alkanes of at least 4 members (excludes halogenated alkanes) is 1. The highest BCUT2D eigenvalue weighted by atomic mass is 35.5. The van der Waals surface area contributed by atoms with E-state index in [4.69, 9.17) is 20.8 Å². The van der Waals surface area contributed by atoms with Crippen molar-refractivity contribution in [1.29, 1.82) is 0 Å². The molecule has 4 heterocycles. The van der Waals surface area contributed by atoms with E-state index in [0.29, 0.717) is 41.6 Å². The van der Waals surface area contributed by atoms with Gasteiger partial charge in [-0.3, -0.25) is 4.57 Å². The van der Waals surface area contributed by atoms with Crippen molar-refractivity contribution in [2.45, 2.75) is 38.5 Å². The summed E-state index contributed by atoms with van der Waals surface area (Å²) in [6, 6.07) is 3.54. The minimum atomic E-state index is -0.676. The summed E-state index contributed by atoms with van der Waals surface area (Å²) in [6.45, 7) is 2.50. The van der Waals surface area contributed by atoms with E-state index in [1.54, 1.807) is 23.0 Å². The molecule has 3 aromatic heterocycles. The lowest BCUT2D eigenvalue weighted by atomic mass is 10.2. The number of aliphatic hydroxyl groups is 1. The summed E-state index contributed by atoms with van der Waals surface area (Å²) in [5.74, 6) is 7.26. The molecule has 1 saturated heterocycles. The molecule has 7 nitrogen and oxygen atoms in total. The molecule has 0 spiro atoms. The minimum absolute atomic E-state index is 0.204. The van der Waals surface area contributed by atoms with Gasteiger partial charge in [-0.2, -0.15) is 0 Å². The molecule has 2 atom stereocenters. The monoisotopic (exact) mass is 372 g/mol. The van der Waals surface area contributed by atoms with Crippen LogP contribution in [0.5, 0.6) is 0 Å². The molecule has 0 radical (unpaired) electrons. The number of hydrogen-bond acceptors (Lipinski definition) is 6. The van der Waals surface area contributed by atoms with Crippen molar-refractivity contribution in [2.75, 3.05) is 6.61 Å². The predicted molar refractivity (Wildman–Crippen MR) is 95.4 cm³/mol. The normalized spacial score (nSPS) is 19.7. The summed E-state index contributed by atoms with van der Waals surface area (Å²) in [7, 11) is 0. The van der Waals surface area contributed by atoms with Gasteiger partial charge in [-0.1, -0.05) is 24.4 Å². The Kier molecular flexibility index (Phi) is 4.64. The van der Waals surface area contributed by atoms with E-state index in [0.717, 1.165) is 12.8 Å². The van der Waals surface area contributed by atoms with Gasteiger partial charge in [0.15, 0.2) is 28.6 Å². The lowest BCUT2D eigenvalue weighted by molar-refractivity contribution is -0.00536. The molecule has 8 heteroatoms. The maximum Gasteiger partial charge on any atom is 0.208 e. The molecule has 4 rings (SSSR count). The lowest BCUT2D eigenvalue weighted by Gasteiger charge is -2.18. The fourth-order valence-corrected chi connectivity index (χ4v) is 3.10. The van der Waals surface area contributed by atoms with E-state index >= 15 is 0 Å². The standard InChI is InChI=1S/C18H17ClN4O3/c1-2-3-4-7-13-20-15(19)14-17(21-13)23(18-11(24)8-10-26-18)16(22-14)12-6-5-9-25-12/h5-6,9,11,18,24H,2-3,8,10H2,1H3/t11-,18-/m1/s1. The van der Waals surface area contributed by atoms with Crippen molar-refractivity contribution in [2.24, 2.45) is 0 Å². The van der Waals surface area contributed by atoms with Crippen LogP contribution in [-0.4, -0.2) is 37.3 Å². The third kappa shape index (κ3) is 2.97. The van der Waals surface area contributed by atoms with E-state index in [-0.39, 0.29) is 5.15 Å². The maximum absolute atomic E-state index is 10.3. The maximum atomic E-state index is 10.3. The summed E-state index contributed by atoms with van der Waals surface area (Å²) in [5.41, 5.74) is 0.880. The van der Waals surface area contributed by atoms with Crippen molar-refractivity contribution >= 4 is 22.8 Å². The number of hydrogen-bond donors (Lipinski definition) is 1. The Morgan fingerprint density at radius 1 is 1.38 bits per heavy atom. The van der Waals surface area contributed by atoms with Gasteiger partial charge < -0.3 is 14.3 Å².